The van der Waals surface area contributed by atoms with Gasteiger partial charge < -0.3 is 10.4 Å². The first-order chi connectivity index (χ1) is 10.6. The van der Waals surface area contributed by atoms with E-state index in [1.807, 2.05) is 24.3 Å². The summed E-state index contributed by atoms with van der Waals surface area (Å²) in [4.78, 5) is 10.8. The van der Waals surface area contributed by atoms with Crippen LogP contribution in [-0.4, -0.2) is 16.2 Å². The highest BCUT2D eigenvalue weighted by molar-refractivity contribution is 7.80. The molecule has 0 heterocycles. The molecule has 0 atom stereocenters. The number of hydrogen-bond acceptors (Lipinski definition) is 3. The molecule has 2 aromatic carbocycles. The molecule has 4 N–H and O–H groups in total. The predicted molar refractivity (Wildman–Crippen MR) is 92.2 cm³/mol. The Hall–Kier alpha value is -2.60. The van der Waals surface area contributed by atoms with Gasteiger partial charge in [-0.15, -0.1) is 0 Å². The minimum Gasteiger partial charge on any atom is -0.478 e. The maximum Gasteiger partial charge on any atom is 0.335 e. The number of carboxylic acids is 1. The Bertz CT molecular complexity index is 654. The Morgan fingerprint density at radius 3 is 2.18 bits per heavy atom. The molecule has 22 heavy (non-hydrogen) atoms. The van der Waals surface area contributed by atoms with Crippen molar-refractivity contribution in [3.8, 4) is 0 Å². The molecule has 114 valence electrons. The minimum atomic E-state index is -0.952. The number of thiocarbonyl (C=S) groups is 1. The number of aryl methyl sites for hydroxylation is 1. The summed E-state index contributed by atoms with van der Waals surface area (Å²) in [6, 6.07) is 14.4. The summed E-state index contributed by atoms with van der Waals surface area (Å²) in [6.45, 7) is 2.11. The first-order valence-corrected chi connectivity index (χ1v) is 7.24. The molecular formula is C16H17N3O2S. The van der Waals surface area contributed by atoms with Crippen molar-refractivity contribution in [3.63, 3.8) is 0 Å². The Labute approximate surface area is 134 Å². The standard InChI is InChI=1S/C16H17N3O2S/c1-2-11-3-7-13(8-4-11)17-16(22)19-18-14-9-5-12(6-10-14)15(20)21/h3-10,18H,2H2,1H3,(H,20,21)(H2,17,19,22). The van der Waals surface area contributed by atoms with Gasteiger partial charge in [0.05, 0.1) is 11.3 Å². The fourth-order valence-electron chi connectivity index (χ4n) is 1.81. The van der Waals surface area contributed by atoms with E-state index in [1.54, 1.807) is 12.1 Å². The molecule has 0 bridgehead atoms. The first-order valence-electron chi connectivity index (χ1n) is 6.84. The van der Waals surface area contributed by atoms with E-state index >= 15 is 0 Å². The number of benzene rings is 2. The highest BCUT2D eigenvalue weighted by Crippen LogP contribution is 2.10. The van der Waals surface area contributed by atoms with Gasteiger partial charge in [0.2, 0.25) is 0 Å². The zero-order valence-electron chi connectivity index (χ0n) is 12.1. The van der Waals surface area contributed by atoms with Crippen LogP contribution >= 0.6 is 12.2 Å². The smallest absolute Gasteiger partial charge is 0.335 e. The highest BCUT2D eigenvalue weighted by Gasteiger charge is 2.02. The van der Waals surface area contributed by atoms with Gasteiger partial charge >= 0.3 is 5.97 Å². The number of carbonyl (C=O) groups is 1. The predicted octanol–water partition coefficient (Wildman–Crippen LogP) is 3.26. The SMILES string of the molecule is CCc1ccc(NC(=S)NNc2ccc(C(=O)O)cc2)cc1. The summed E-state index contributed by atoms with van der Waals surface area (Å²) in [7, 11) is 0. The molecule has 6 heteroatoms. The Morgan fingerprint density at radius 1 is 1.05 bits per heavy atom. The third-order valence-corrected chi connectivity index (χ3v) is 3.28. The van der Waals surface area contributed by atoms with Crippen LogP contribution in [-0.2, 0) is 6.42 Å². The van der Waals surface area contributed by atoms with Crippen molar-refractivity contribution in [1.82, 2.24) is 5.43 Å². The number of carboxylic acid groups (broad SMARTS) is 1. The second kappa shape index (κ2) is 7.42. The summed E-state index contributed by atoms with van der Waals surface area (Å²) in [5.74, 6) is -0.952. The lowest BCUT2D eigenvalue weighted by molar-refractivity contribution is 0.0697. The maximum atomic E-state index is 10.8. The topological polar surface area (TPSA) is 73.4 Å². The second-order valence-corrected chi connectivity index (χ2v) is 5.05. The molecular weight excluding hydrogens is 298 g/mol. The Morgan fingerprint density at radius 2 is 1.64 bits per heavy atom. The molecule has 0 saturated carbocycles. The average Bonchev–Trinajstić information content (AvgIpc) is 2.54. The van der Waals surface area contributed by atoms with Crippen LogP contribution in [0.5, 0.6) is 0 Å². The molecule has 2 aromatic rings. The summed E-state index contributed by atoms with van der Waals surface area (Å²) in [5, 5.41) is 12.3. The van der Waals surface area contributed by atoms with E-state index in [2.05, 4.69) is 23.1 Å². The van der Waals surface area contributed by atoms with Gasteiger partial charge in [0.25, 0.3) is 0 Å². The van der Waals surface area contributed by atoms with E-state index < -0.39 is 5.97 Å². The normalized spacial score (nSPS) is 9.86. The molecule has 2 rings (SSSR count). The third kappa shape index (κ3) is 4.46. The molecule has 0 unspecified atom stereocenters. The van der Waals surface area contributed by atoms with Gasteiger partial charge in [-0.25, -0.2) is 4.79 Å². The summed E-state index contributed by atoms with van der Waals surface area (Å²) in [5.41, 5.74) is 8.88. The largest absolute Gasteiger partial charge is 0.478 e. The highest BCUT2D eigenvalue weighted by atomic mass is 32.1. The van der Waals surface area contributed by atoms with Crippen LogP contribution < -0.4 is 16.2 Å². The molecule has 0 radical (unpaired) electrons. The van der Waals surface area contributed by atoms with Gasteiger partial charge in [0.1, 0.15) is 0 Å². The third-order valence-electron chi connectivity index (χ3n) is 3.07. The lowest BCUT2D eigenvalue weighted by Gasteiger charge is -2.13. The van der Waals surface area contributed by atoms with Crippen LogP contribution in [0, 0.1) is 0 Å². The maximum absolute atomic E-state index is 10.8. The van der Waals surface area contributed by atoms with E-state index in [1.165, 1.54) is 17.7 Å². The lowest BCUT2D eigenvalue weighted by atomic mass is 10.1. The molecule has 0 amide bonds. The zero-order chi connectivity index (χ0) is 15.9. The van der Waals surface area contributed by atoms with Crippen molar-refractivity contribution in [1.29, 1.82) is 0 Å². The van der Waals surface area contributed by atoms with Gasteiger partial charge in [-0.05, 0) is 60.6 Å². The number of hydrazine groups is 1. The lowest BCUT2D eigenvalue weighted by Crippen LogP contribution is -2.33. The monoisotopic (exact) mass is 315 g/mol. The van der Waals surface area contributed by atoms with E-state index in [0.717, 1.165) is 17.8 Å². The molecule has 0 fully saturated rings. The van der Waals surface area contributed by atoms with Crippen LogP contribution in [0.1, 0.15) is 22.8 Å². The van der Waals surface area contributed by atoms with E-state index in [-0.39, 0.29) is 5.56 Å². The van der Waals surface area contributed by atoms with Crippen LogP contribution in [0.25, 0.3) is 0 Å². The molecule has 0 aliphatic rings. The van der Waals surface area contributed by atoms with Crippen molar-refractivity contribution >= 4 is 34.7 Å². The summed E-state index contributed by atoms with van der Waals surface area (Å²) >= 11 is 5.18. The molecule has 0 spiro atoms. The van der Waals surface area contributed by atoms with Gasteiger partial charge in [0, 0.05) is 5.69 Å². The van der Waals surface area contributed by atoms with Crippen LogP contribution in [0.4, 0.5) is 11.4 Å². The number of nitrogens with one attached hydrogen (secondary N) is 3. The van der Waals surface area contributed by atoms with Crippen molar-refractivity contribution in [3.05, 3.63) is 59.7 Å². The number of anilines is 2. The van der Waals surface area contributed by atoms with Crippen molar-refractivity contribution in [2.75, 3.05) is 10.7 Å². The molecule has 0 aliphatic heterocycles. The number of hydrogen-bond donors (Lipinski definition) is 4. The second-order valence-electron chi connectivity index (χ2n) is 4.64. The minimum absolute atomic E-state index is 0.238. The van der Waals surface area contributed by atoms with Crippen molar-refractivity contribution in [2.24, 2.45) is 0 Å². The summed E-state index contributed by atoms with van der Waals surface area (Å²) in [6.07, 6.45) is 0.997. The quantitative estimate of drug-likeness (QED) is 0.501. The average molecular weight is 315 g/mol. The zero-order valence-corrected chi connectivity index (χ0v) is 12.9. The Balaban J connectivity index is 1.85. The van der Waals surface area contributed by atoms with Gasteiger partial charge in [-0.2, -0.15) is 0 Å². The van der Waals surface area contributed by atoms with Crippen LogP contribution in [0.2, 0.25) is 0 Å². The molecule has 5 nitrogen and oxygen atoms in total. The van der Waals surface area contributed by atoms with Gasteiger partial charge in [-0.1, -0.05) is 19.1 Å². The van der Waals surface area contributed by atoms with E-state index in [4.69, 9.17) is 17.3 Å². The van der Waals surface area contributed by atoms with Crippen LogP contribution in [0.15, 0.2) is 48.5 Å². The van der Waals surface area contributed by atoms with E-state index in [9.17, 15) is 4.79 Å². The number of aromatic carboxylic acids is 1. The number of rotatable bonds is 5. The van der Waals surface area contributed by atoms with Crippen molar-refractivity contribution < 1.29 is 9.90 Å². The fourth-order valence-corrected chi connectivity index (χ4v) is 1.98. The Kier molecular flexibility index (Phi) is 5.32. The fraction of sp³-hybridized carbons (Fsp3) is 0.125. The van der Waals surface area contributed by atoms with E-state index in [0.29, 0.717) is 5.11 Å². The molecule has 0 aliphatic carbocycles. The van der Waals surface area contributed by atoms with Crippen LogP contribution in [0.3, 0.4) is 0 Å². The van der Waals surface area contributed by atoms with Gasteiger partial charge in [-0.3, -0.25) is 10.9 Å². The van der Waals surface area contributed by atoms with Crippen molar-refractivity contribution in [2.45, 2.75) is 13.3 Å². The molecule has 0 saturated heterocycles. The molecule has 0 aromatic heterocycles. The van der Waals surface area contributed by atoms with Gasteiger partial charge in [0.15, 0.2) is 5.11 Å². The summed E-state index contributed by atoms with van der Waals surface area (Å²) < 4.78 is 0. The first kappa shape index (κ1) is 15.8.